The van der Waals surface area contributed by atoms with Gasteiger partial charge in [-0.05, 0) is 28.1 Å². The van der Waals surface area contributed by atoms with Crippen LogP contribution in [0.2, 0.25) is 0 Å². The maximum Gasteiger partial charge on any atom is 0.573 e. The first-order chi connectivity index (χ1) is 6.38. The van der Waals surface area contributed by atoms with Gasteiger partial charge in [-0.1, -0.05) is 12.1 Å². The molecule has 14 heavy (non-hydrogen) atoms. The fourth-order valence-electron chi connectivity index (χ4n) is 0.815. The third-order valence-corrected chi connectivity index (χ3v) is 1.75. The number of alkyl halides is 3. The molecule has 0 atom stereocenters. The first kappa shape index (κ1) is 11.0. The van der Waals surface area contributed by atoms with Gasteiger partial charge in [0.2, 0.25) is 4.69 Å². The highest BCUT2D eigenvalue weighted by molar-refractivity contribution is 9.18. The lowest BCUT2D eigenvalue weighted by Gasteiger charge is -2.08. The lowest BCUT2D eigenvalue weighted by atomic mass is 10.2. The van der Waals surface area contributed by atoms with Crippen LogP contribution in [0, 0.1) is 0 Å². The largest absolute Gasteiger partial charge is 0.573 e. The van der Waals surface area contributed by atoms with Crippen molar-refractivity contribution in [1.29, 1.82) is 0 Å². The van der Waals surface area contributed by atoms with E-state index in [0.717, 1.165) is 12.1 Å². The van der Waals surface area contributed by atoms with E-state index in [2.05, 4.69) is 20.7 Å². The Labute approximate surface area is 85.8 Å². The maximum atomic E-state index is 11.8. The summed E-state index contributed by atoms with van der Waals surface area (Å²) in [6.45, 7) is 0. The molecular weight excluding hydrogens is 265 g/mol. The summed E-state index contributed by atoms with van der Waals surface area (Å²) in [4.78, 5) is 10.7. The zero-order chi connectivity index (χ0) is 10.8. The quantitative estimate of drug-likeness (QED) is 0.771. The molecule has 0 unspecified atom stereocenters. The third kappa shape index (κ3) is 3.37. The summed E-state index contributed by atoms with van der Waals surface area (Å²) >= 11 is 2.62. The Morgan fingerprint density at radius 2 is 2.00 bits per heavy atom. The van der Waals surface area contributed by atoms with E-state index in [9.17, 15) is 18.0 Å². The van der Waals surface area contributed by atoms with Crippen LogP contribution in [0.1, 0.15) is 10.4 Å². The topological polar surface area (TPSA) is 26.3 Å². The van der Waals surface area contributed by atoms with Crippen LogP contribution in [0.4, 0.5) is 13.2 Å². The van der Waals surface area contributed by atoms with Crippen molar-refractivity contribution in [3.63, 3.8) is 0 Å². The monoisotopic (exact) mass is 268 g/mol. The van der Waals surface area contributed by atoms with Gasteiger partial charge in [-0.25, -0.2) is 0 Å². The summed E-state index contributed by atoms with van der Waals surface area (Å²) in [5.41, 5.74) is 0.103. The minimum atomic E-state index is -4.74. The van der Waals surface area contributed by atoms with Gasteiger partial charge in [0.05, 0.1) is 0 Å². The molecule has 1 aromatic rings. The molecule has 1 aromatic carbocycles. The van der Waals surface area contributed by atoms with Crippen LogP contribution in [0.3, 0.4) is 0 Å². The van der Waals surface area contributed by atoms with Gasteiger partial charge in [-0.2, -0.15) is 0 Å². The number of rotatable bonds is 2. The summed E-state index contributed by atoms with van der Waals surface area (Å²) in [7, 11) is 0. The minimum absolute atomic E-state index is 0.103. The second kappa shape index (κ2) is 4.00. The predicted molar refractivity (Wildman–Crippen MR) is 46.4 cm³/mol. The van der Waals surface area contributed by atoms with Crippen molar-refractivity contribution in [1.82, 2.24) is 0 Å². The van der Waals surface area contributed by atoms with Crippen LogP contribution in [-0.2, 0) is 0 Å². The van der Waals surface area contributed by atoms with Crippen molar-refractivity contribution in [2.24, 2.45) is 0 Å². The summed E-state index contributed by atoms with van der Waals surface area (Å²) < 4.78 is 38.4. The van der Waals surface area contributed by atoms with Gasteiger partial charge >= 0.3 is 6.36 Å². The standard InChI is InChI=1S/C8H4BrF3O2/c9-7(13)5-2-1-3-6(4-5)14-8(10,11)12/h1-4H. The lowest BCUT2D eigenvalue weighted by Crippen LogP contribution is -2.17. The highest BCUT2D eigenvalue weighted by Crippen LogP contribution is 2.23. The number of hydrogen-bond acceptors (Lipinski definition) is 2. The molecular formula is C8H4BrF3O2. The van der Waals surface area contributed by atoms with Crippen molar-refractivity contribution in [2.45, 2.75) is 6.36 Å². The second-order valence-corrected chi connectivity index (χ2v) is 3.07. The van der Waals surface area contributed by atoms with E-state index in [-0.39, 0.29) is 5.56 Å². The van der Waals surface area contributed by atoms with Gasteiger partial charge in [0, 0.05) is 5.56 Å². The SMILES string of the molecule is O=C(Br)c1cccc(OC(F)(F)F)c1. The van der Waals surface area contributed by atoms with Crippen molar-refractivity contribution in [3.8, 4) is 5.75 Å². The molecule has 0 N–H and O–H groups in total. The number of benzene rings is 1. The zero-order valence-electron chi connectivity index (χ0n) is 6.64. The molecule has 0 radical (unpaired) electrons. The minimum Gasteiger partial charge on any atom is -0.406 e. The summed E-state index contributed by atoms with van der Waals surface area (Å²) in [5.74, 6) is -0.414. The van der Waals surface area contributed by atoms with Crippen molar-refractivity contribution < 1.29 is 22.7 Å². The molecule has 76 valence electrons. The van der Waals surface area contributed by atoms with E-state index < -0.39 is 16.8 Å². The molecule has 0 aliphatic rings. The maximum absolute atomic E-state index is 11.8. The molecule has 0 heterocycles. The van der Waals surface area contributed by atoms with Crippen molar-refractivity contribution in [2.75, 3.05) is 0 Å². The number of halogens is 4. The summed E-state index contributed by atoms with van der Waals surface area (Å²) in [6.07, 6.45) is -4.74. The molecule has 0 aliphatic carbocycles. The molecule has 6 heteroatoms. The average molecular weight is 269 g/mol. The summed E-state index contributed by atoms with van der Waals surface area (Å²) in [5, 5.41) is 0. The fraction of sp³-hybridized carbons (Fsp3) is 0.125. The Kier molecular flexibility index (Phi) is 3.15. The number of hydrogen-bond donors (Lipinski definition) is 0. The number of ether oxygens (including phenoxy) is 1. The van der Waals surface area contributed by atoms with Crippen LogP contribution in [0.25, 0.3) is 0 Å². The fourth-order valence-corrected chi connectivity index (χ4v) is 1.06. The van der Waals surface area contributed by atoms with Gasteiger partial charge in [0.1, 0.15) is 5.75 Å². The van der Waals surface area contributed by atoms with E-state index in [1.807, 2.05) is 0 Å². The number of carbonyl (C=O) groups is 1. The van der Waals surface area contributed by atoms with Crippen molar-refractivity contribution >= 4 is 20.6 Å². The second-order valence-electron chi connectivity index (χ2n) is 2.35. The lowest BCUT2D eigenvalue weighted by molar-refractivity contribution is -0.274. The van der Waals surface area contributed by atoms with E-state index in [4.69, 9.17) is 0 Å². The van der Waals surface area contributed by atoms with Gasteiger partial charge in [-0.15, -0.1) is 13.2 Å². The third-order valence-electron chi connectivity index (χ3n) is 1.29. The first-order valence-electron chi connectivity index (χ1n) is 3.44. The van der Waals surface area contributed by atoms with E-state index >= 15 is 0 Å². The molecule has 0 aromatic heterocycles. The van der Waals surface area contributed by atoms with Gasteiger partial charge in [0.25, 0.3) is 0 Å². The highest BCUT2D eigenvalue weighted by atomic mass is 79.9. The molecule has 1 rings (SSSR count). The zero-order valence-corrected chi connectivity index (χ0v) is 8.22. The Morgan fingerprint density at radius 3 is 2.50 bits per heavy atom. The van der Waals surface area contributed by atoms with E-state index in [1.54, 1.807) is 0 Å². The van der Waals surface area contributed by atoms with Gasteiger partial charge in [-0.3, -0.25) is 4.79 Å². The van der Waals surface area contributed by atoms with Crippen molar-refractivity contribution in [3.05, 3.63) is 29.8 Å². The van der Waals surface area contributed by atoms with Gasteiger partial charge in [0.15, 0.2) is 0 Å². The van der Waals surface area contributed by atoms with E-state index in [0.29, 0.717) is 0 Å². The van der Waals surface area contributed by atoms with Crippen LogP contribution in [-0.4, -0.2) is 11.1 Å². The van der Waals surface area contributed by atoms with E-state index in [1.165, 1.54) is 12.1 Å². The Bertz CT molecular complexity index is 349. The Hall–Kier alpha value is -1.04. The molecule has 2 nitrogen and oxygen atoms in total. The predicted octanol–water partition coefficient (Wildman–Crippen LogP) is 3.12. The molecule has 0 saturated heterocycles. The van der Waals surface area contributed by atoms with Crippen LogP contribution in [0.5, 0.6) is 5.75 Å². The van der Waals surface area contributed by atoms with Crippen LogP contribution in [0.15, 0.2) is 24.3 Å². The Morgan fingerprint density at radius 1 is 1.36 bits per heavy atom. The van der Waals surface area contributed by atoms with Gasteiger partial charge < -0.3 is 4.74 Å². The first-order valence-corrected chi connectivity index (χ1v) is 4.23. The summed E-state index contributed by atoms with van der Waals surface area (Å²) in [6, 6.07) is 4.80. The Balaban J connectivity index is 2.89. The average Bonchev–Trinajstić information content (AvgIpc) is 2.01. The normalized spacial score (nSPS) is 11.1. The van der Waals surface area contributed by atoms with Crippen LogP contribution < -0.4 is 4.74 Å². The molecule has 0 amide bonds. The highest BCUT2D eigenvalue weighted by Gasteiger charge is 2.31. The smallest absolute Gasteiger partial charge is 0.406 e. The molecule has 0 bridgehead atoms. The molecule has 0 aliphatic heterocycles. The molecule has 0 spiro atoms. The molecule has 0 fully saturated rings. The van der Waals surface area contributed by atoms with Crippen LogP contribution >= 0.6 is 15.9 Å². The number of carbonyl (C=O) groups excluding carboxylic acids is 1. The molecule has 0 saturated carbocycles.